The van der Waals surface area contributed by atoms with Crippen LogP contribution in [0.1, 0.15) is 34.5 Å². The average Bonchev–Trinajstić information content (AvgIpc) is 3.30. The van der Waals surface area contributed by atoms with Crippen molar-refractivity contribution in [3.8, 4) is 22.6 Å². The van der Waals surface area contributed by atoms with Crippen LogP contribution in [0, 0.1) is 0 Å². The zero-order chi connectivity index (χ0) is 24.9. The van der Waals surface area contributed by atoms with Crippen LogP contribution in [0.3, 0.4) is 0 Å². The minimum atomic E-state index is -0.494. The van der Waals surface area contributed by atoms with Crippen molar-refractivity contribution in [2.75, 3.05) is 14.2 Å². The maximum atomic E-state index is 12.7. The van der Waals surface area contributed by atoms with Crippen LogP contribution >= 0.6 is 0 Å². The van der Waals surface area contributed by atoms with Crippen molar-refractivity contribution < 1.29 is 19.1 Å². The second-order valence-electron chi connectivity index (χ2n) is 7.95. The van der Waals surface area contributed by atoms with Gasteiger partial charge in [0.2, 0.25) is 11.8 Å². The number of amides is 2. The van der Waals surface area contributed by atoms with Crippen LogP contribution in [0.2, 0.25) is 0 Å². The molecule has 0 radical (unpaired) electrons. The molecule has 8 nitrogen and oxygen atoms in total. The molecule has 178 valence electrons. The normalized spacial score (nSPS) is 12.0. The predicted octanol–water partition coefficient (Wildman–Crippen LogP) is 4.24. The molecule has 1 atom stereocenters. The molecular formula is C27H26N4O4. The first-order chi connectivity index (χ1) is 16.9. The molecule has 0 bridgehead atoms. The number of aromatic amines is 1. The Morgan fingerprint density at radius 1 is 1.09 bits per heavy atom. The Morgan fingerprint density at radius 2 is 1.89 bits per heavy atom. The Kier molecular flexibility index (Phi) is 6.82. The van der Waals surface area contributed by atoms with E-state index in [-0.39, 0.29) is 11.9 Å². The second-order valence-corrected chi connectivity index (χ2v) is 7.95. The topological polar surface area (TPSA) is 119 Å². The molecule has 4 N–H and O–H groups in total. The van der Waals surface area contributed by atoms with Crippen LogP contribution in [-0.4, -0.2) is 36.0 Å². The Hall–Kier alpha value is -4.59. The predicted molar refractivity (Wildman–Crippen MR) is 135 cm³/mol. The number of hydrogen-bond donors (Lipinski definition) is 3. The molecule has 0 aliphatic carbocycles. The lowest BCUT2D eigenvalue weighted by Crippen LogP contribution is -2.24. The quantitative estimate of drug-likeness (QED) is 0.333. The summed E-state index contributed by atoms with van der Waals surface area (Å²) in [6.45, 7) is 1.90. The van der Waals surface area contributed by atoms with Gasteiger partial charge in [-0.05, 0) is 60.0 Å². The van der Waals surface area contributed by atoms with Gasteiger partial charge in [0.05, 0.1) is 20.3 Å². The van der Waals surface area contributed by atoms with Gasteiger partial charge in [-0.3, -0.25) is 9.59 Å². The smallest absolute Gasteiger partial charge is 0.248 e. The van der Waals surface area contributed by atoms with Crippen molar-refractivity contribution in [3.63, 3.8) is 0 Å². The summed E-state index contributed by atoms with van der Waals surface area (Å²) in [6, 6.07) is 14.3. The van der Waals surface area contributed by atoms with Crippen LogP contribution in [0.25, 0.3) is 28.2 Å². The van der Waals surface area contributed by atoms with Gasteiger partial charge in [0.15, 0.2) is 11.5 Å². The van der Waals surface area contributed by atoms with Crippen molar-refractivity contribution in [1.82, 2.24) is 15.3 Å². The number of rotatable bonds is 8. The summed E-state index contributed by atoms with van der Waals surface area (Å²) in [7, 11) is 3.15. The number of aromatic nitrogens is 2. The molecule has 0 aliphatic heterocycles. The second kappa shape index (κ2) is 10.1. The van der Waals surface area contributed by atoms with Crippen LogP contribution in [0.5, 0.6) is 11.5 Å². The third-order valence-electron chi connectivity index (χ3n) is 5.74. The van der Waals surface area contributed by atoms with E-state index < -0.39 is 5.91 Å². The number of H-pyrrole nitrogens is 1. The van der Waals surface area contributed by atoms with Gasteiger partial charge in [0.1, 0.15) is 5.65 Å². The summed E-state index contributed by atoms with van der Waals surface area (Å²) >= 11 is 0. The third-order valence-corrected chi connectivity index (χ3v) is 5.74. The lowest BCUT2D eigenvalue weighted by molar-refractivity contribution is -0.117. The zero-order valence-electron chi connectivity index (χ0n) is 19.7. The van der Waals surface area contributed by atoms with Crippen LogP contribution < -0.4 is 20.5 Å². The maximum Gasteiger partial charge on any atom is 0.248 e. The van der Waals surface area contributed by atoms with Crippen molar-refractivity contribution in [2.24, 2.45) is 5.73 Å². The van der Waals surface area contributed by atoms with E-state index >= 15 is 0 Å². The number of carbonyl (C=O) groups is 2. The van der Waals surface area contributed by atoms with Gasteiger partial charge in [-0.25, -0.2) is 4.98 Å². The first-order valence-electron chi connectivity index (χ1n) is 11.0. The molecule has 2 amide bonds. The molecule has 35 heavy (non-hydrogen) atoms. The molecule has 0 fully saturated rings. The highest BCUT2D eigenvalue weighted by molar-refractivity contribution is 6.02. The molecular weight excluding hydrogens is 444 g/mol. The van der Waals surface area contributed by atoms with E-state index in [2.05, 4.69) is 15.3 Å². The Bertz CT molecular complexity index is 1420. The molecule has 0 saturated heterocycles. The van der Waals surface area contributed by atoms with Crippen LogP contribution in [-0.2, 0) is 4.79 Å². The van der Waals surface area contributed by atoms with Gasteiger partial charge in [-0.15, -0.1) is 0 Å². The summed E-state index contributed by atoms with van der Waals surface area (Å²) < 4.78 is 10.6. The fourth-order valence-corrected chi connectivity index (χ4v) is 3.93. The summed E-state index contributed by atoms with van der Waals surface area (Å²) in [5, 5.41) is 3.80. The molecule has 8 heteroatoms. The number of fused-ring (bicyclic) bond motifs is 1. The van der Waals surface area contributed by atoms with E-state index in [0.717, 1.165) is 27.6 Å². The average molecular weight is 471 g/mol. The van der Waals surface area contributed by atoms with Gasteiger partial charge < -0.3 is 25.5 Å². The molecule has 2 aromatic carbocycles. The standard InChI is InChI=1S/C27H26N4O4/c1-16(17-7-9-22(34-2)23(14-17)35-3)31-24(32)10-8-20-15-30-27-25(20)21(11-12-29-27)18-5-4-6-19(13-18)26(28)33/h4-16H,1-3H3,(H2,28,33)(H,29,30)(H,31,32)/b10-8+/t16-/m1/s1. The zero-order valence-corrected chi connectivity index (χ0v) is 19.7. The number of ether oxygens (including phenoxy) is 2. The Morgan fingerprint density at radius 3 is 2.63 bits per heavy atom. The van der Waals surface area contributed by atoms with Gasteiger partial charge >= 0.3 is 0 Å². The highest BCUT2D eigenvalue weighted by Crippen LogP contribution is 2.32. The molecule has 0 unspecified atom stereocenters. The summed E-state index contributed by atoms with van der Waals surface area (Å²) in [5.74, 6) is 0.482. The van der Waals surface area contributed by atoms with Crippen LogP contribution in [0.15, 0.2) is 67.0 Å². The molecule has 4 rings (SSSR count). The minimum Gasteiger partial charge on any atom is -0.493 e. The van der Waals surface area contributed by atoms with Crippen molar-refractivity contribution >= 4 is 28.9 Å². The maximum absolute atomic E-state index is 12.7. The number of benzene rings is 2. The van der Waals surface area contributed by atoms with E-state index in [1.54, 1.807) is 57.0 Å². The number of nitrogens with zero attached hydrogens (tertiary/aromatic N) is 1. The first-order valence-corrected chi connectivity index (χ1v) is 11.0. The summed E-state index contributed by atoms with van der Waals surface area (Å²) in [6.07, 6.45) is 6.70. The molecule has 2 aromatic heterocycles. The number of methoxy groups -OCH3 is 2. The number of nitrogens with one attached hydrogen (secondary N) is 2. The SMILES string of the molecule is COc1ccc([C@@H](C)NC(=O)/C=C/c2c[nH]c3nccc(-c4cccc(C(N)=O)c4)c23)cc1OC. The lowest BCUT2D eigenvalue weighted by atomic mass is 9.99. The number of carbonyl (C=O) groups excluding carboxylic acids is 2. The first kappa shape index (κ1) is 23.6. The third kappa shape index (κ3) is 5.01. The van der Waals surface area contributed by atoms with Crippen molar-refractivity contribution in [1.29, 1.82) is 0 Å². The van der Waals surface area contributed by atoms with Crippen molar-refractivity contribution in [2.45, 2.75) is 13.0 Å². The van der Waals surface area contributed by atoms with E-state index in [9.17, 15) is 9.59 Å². The summed E-state index contributed by atoms with van der Waals surface area (Å²) in [5.41, 5.74) is 9.92. The molecule has 0 spiro atoms. The fraction of sp³-hybridized carbons (Fsp3) is 0.148. The number of pyridine rings is 1. The van der Waals surface area contributed by atoms with E-state index in [1.807, 2.05) is 31.2 Å². The monoisotopic (exact) mass is 470 g/mol. The Labute approximate surface area is 202 Å². The highest BCUT2D eigenvalue weighted by atomic mass is 16.5. The number of primary amides is 1. The number of hydrogen-bond acceptors (Lipinski definition) is 5. The van der Waals surface area contributed by atoms with E-state index in [4.69, 9.17) is 15.2 Å². The van der Waals surface area contributed by atoms with E-state index in [0.29, 0.717) is 22.7 Å². The number of nitrogens with two attached hydrogens (primary N) is 1. The minimum absolute atomic E-state index is 0.247. The molecule has 0 aliphatic rings. The summed E-state index contributed by atoms with van der Waals surface area (Å²) in [4.78, 5) is 31.8. The van der Waals surface area contributed by atoms with Gasteiger partial charge in [0, 0.05) is 35.0 Å². The van der Waals surface area contributed by atoms with Gasteiger partial charge in [0.25, 0.3) is 0 Å². The Balaban J connectivity index is 1.58. The highest BCUT2D eigenvalue weighted by Gasteiger charge is 2.14. The van der Waals surface area contributed by atoms with Crippen molar-refractivity contribution in [3.05, 3.63) is 83.7 Å². The molecule has 4 aromatic rings. The fourth-order valence-electron chi connectivity index (χ4n) is 3.93. The van der Waals surface area contributed by atoms with E-state index in [1.165, 1.54) is 6.08 Å². The van der Waals surface area contributed by atoms with Crippen LogP contribution in [0.4, 0.5) is 0 Å². The van der Waals surface area contributed by atoms with Gasteiger partial charge in [-0.2, -0.15) is 0 Å². The largest absolute Gasteiger partial charge is 0.493 e. The lowest BCUT2D eigenvalue weighted by Gasteiger charge is -2.15. The molecule has 0 saturated carbocycles. The molecule has 2 heterocycles. The van der Waals surface area contributed by atoms with Gasteiger partial charge in [-0.1, -0.05) is 18.2 Å².